The van der Waals surface area contributed by atoms with E-state index < -0.39 is 0 Å². The number of terminal acetylenes is 1. The Bertz CT molecular complexity index is 344. The van der Waals surface area contributed by atoms with Gasteiger partial charge >= 0.3 is 0 Å². The highest BCUT2D eigenvalue weighted by Crippen LogP contribution is 2.29. The number of rotatable bonds is 4. The van der Waals surface area contributed by atoms with Gasteiger partial charge in [0.2, 0.25) is 0 Å². The Hall–Kier alpha value is -0.590. The second kappa shape index (κ2) is 6.00. The van der Waals surface area contributed by atoms with Crippen LogP contribution in [0.15, 0.2) is 27.6 Å². The summed E-state index contributed by atoms with van der Waals surface area (Å²) < 4.78 is 1.06. The highest BCUT2D eigenvalue weighted by Gasteiger charge is 2.00. The summed E-state index contributed by atoms with van der Waals surface area (Å²) in [6, 6.07) is 5.86. The molecule has 0 aromatic heterocycles. The van der Waals surface area contributed by atoms with E-state index in [1.54, 1.807) is 11.8 Å². The van der Waals surface area contributed by atoms with E-state index in [0.29, 0.717) is 0 Å². The molecule has 0 fully saturated rings. The number of hydrogen-bond donors (Lipinski definition) is 1. The van der Waals surface area contributed by atoms with Gasteiger partial charge in [0.1, 0.15) is 0 Å². The van der Waals surface area contributed by atoms with Crippen LogP contribution in [0.5, 0.6) is 0 Å². The van der Waals surface area contributed by atoms with E-state index in [1.807, 2.05) is 18.2 Å². The number of nitrogens with two attached hydrogens (primary N) is 1. The fourth-order valence-electron chi connectivity index (χ4n) is 0.991. The van der Waals surface area contributed by atoms with Crippen LogP contribution in [0.2, 0.25) is 0 Å². The first-order chi connectivity index (χ1) is 6.74. The average Bonchev–Trinajstić information content (AvgIpc) is 2.15. The fraction of sp³-hybridized carbons (Fsp3) is 0.273. The predicted molar refractivity (Wildman–Crippen MR) is 67.3 cm³/mol. The number of benzene rings is 1. The molecular formula is C11H12BrNS. The third-order valence-electron chi connectivity index (χ3n) is 1.68. The van der Waals surface area contributed by atoms with Crippen LogP contribution in [0.1, 0.15) is 12.8 Å². The van der Waals surface area contributed by atoms with Crippen LogP contribution in [0.25, 0.3) is 0 Å². The second-order valence-corrected chi connectivity index (χ2v) is 4.84. The molecule has 0 saturated carbocycles. The van der Waals surface area contributed by atoms with Crippen molar-refractivity contribution in [3.63, 3.8) is 0 Å². The lowest BCUT2D eigenvalue weighted by Crippen LogP contribution is -1.86. The van der Waals surface area contributed by atoms with Crippen molar-refractivity contribution in [3.8, 4) is 12.3 Å². The maximum absolute atomic E-state index is 5.64. The van der Waals surface area contributed by atoms with E-state index in [9.17, 15) is 0 Å². The zero-order valence-corrected chi connectivity index (χ0v) is 10.2. The molecule has 0 atom stereocenters. The van der Waals surface area contributed by atoms with Gasteiger partial charge in [0.05, 0.1) is 0 Å². The van der Waals surface area contributed by atoms with Crippen molar-refractivity contribution >= 4 is 33.4 Å². The number of nitrogen functional groups attached to an aromatic ring is 1. The van der Waals surface area contributed by atoms with Gasteiger partial charge in [-0.3, -0.25) is 0 Å². The fourth-order valence-corrected chi connectivity index (χ4v) is 2.60. The maximum Gasteiger partial charge on any atom is 0.0331 e. The van der Waals surface area contributed by atoms with Gasteiger partial charge in [0, 0.05) is 21.5 Å². The Morgan fingerprint density at radius 3 is 2.93 bits per heavy atom. The van der Waals surface area contributed by atoms with Crippen molar-refractivity contribution < 1.29 is 0 Å². The number of anilines is 1. The molecular weight excluding hydrogens is 258 g/mol. The van der Waals surface area contributed by atoms with E-state index >= 15 is 0 Å². The number of unbranched alkanes of at least 4 members (excludes halogenated alkanes) is 1. The molecule has 3 heteroatoms. The first kappa shape index (κ1) is 11.5. The van der Waals surface area contributed by atoms with Crippen LogP contribution < -0.4 is 5.73 Å². The molecule has 14 heavy (non-hydrogen) atoms. The predicted octanol–water partition coefficient (Wildman–Crippen LogP) is 3.54. The molecule has 0 spiro atoms. The Labute approximate surface area is 97.6 Å². The third kappa shape index (κ3) is 3.65. The molecule has 0 aliphatic carbocycles. The average molecular weight is 270 g/mol. The lowest BCUT2D eigenvalue weighted by Gasteiger charge is -2.03. The molecule has 0 saturated heterocycles. The molecule has 2 N–H and O–H groups in total. The topological polar surface area (TPSA) is 26.0 Å². The lowest BCUT2D eigenvalue weighted by molar-refractivity contribution is 0.997. The minimum Gasteiger partial charge on any atom is -0.399 e. The van der Waals surface area contributed by atoms with Crippen molar-refractivity contribution in [1.29, 1.82) is 0 Å². The summed E-state index contributed by atoms with van der Waals surface area (Å²) in [5.74, 6) is 3.68. The van der Waals surface area contributed by atoms with Crippen molar-refractivity contribution in [3.05, 3.63) is 22.7 Å². The molecule has 0 radical (unpaired) electrons. The Kier molecular flexibility index (Phi) is 4.92. The first-order valence-corrected chi connectivity index (χ1v) is 6.13. The minimum absolute atomic E-state index is 0.782. The molecule has 74 valence electrons. The van der Waals surface area contributed by atoms with E-state index in [1.165, 1.54) is 4.90 Å². The van der Waals surface area contributed by atoms with E-state index in [0.717, 1.165) is 28.8 Å². The van der Waals surface area contributed by atoms with E-state index in [2.05, 4.69) is 21.9 Å². The maximum atomic E-state index is 5.64. The second-order valence-electron chi connectivity index (χ2n) is 2.85. The molecule has 0 aliphatic rings. The molecule has 1 aromatic carbocycles. The zero-order valence-electron chi connectivity index (χ0n) is 7.79. The number of hydrogen-bond acceptors (Lipinski definition) is 2. The van der Waals surface area contributed by atoms with Gasteiger partial charge in [-0.05, 0) is 46.3 Å². The van der Waals surface area contributed by atoms with Gasteiger partial charge in [-0.2, -0.15) is 0 Å². The van der Waals surface area contributed by atoms with Crippen LogP contribution in [-0.2, 0) is 0 Å². The van der Waals surface area contributed by atoms with Gasteiger partial charge < -0.3 is 5.73 Å². The SMILES string of the molecule is C#CCCCSc1ccc(N)cc1Br. The van der Waals surface area contributed by atoms with Crippen molar-refractivity contribution in [2.24, 2.45) is 0 Å². The third-order valence-corrected chi connectivity index (χ3v) is 3.76. The van der Waals surface area contributed by atoms with Gasteiger partial charge in [0.15, 0.2) is 0 Å². The van der Waals surface area contributed by atoms with Crippen LogP contribution >= 0.6 is 27.7 Å². The van der Waals surface area contributed by atoms with Crippen molar-refractivity contribution in [1.82, 2.24) is 0 Å². The van der Waals surface area contributed by atoms with Crippen molar-refractivity contribution in [2.75, 3.05) is 11.5 Å². The lowest BCUT2D eigenvalue weighted by atomic mass is 10.3. The van der Waals surface area contributed by atoms with Gasteiger partial charge in [-0.1, -0.05) is 0 Å². The summed E-state index contributed by atoms with van der Waals surface area (Å²) in [4.78, 5) is 1.22. The summed E-state index contributed by atoms with van der Waals surface area (Å²) in [6.07, 6.45) is 7.07. The van der Waals surface area contributed by atoms with Crippen molar-refractivity contribution in [2.45, 2.75) is 17.7 Å². The van der Waals surface area contributed by atoms with Crippen LogP contribution in [0, 0.1) is 12.3 Å². The zero-order chi connectivity index (χ0) is 10.4. The standard InChI is InChI=1S/C11H12BrNS/c1-2-3-4-7-14-11-6-5-9(13)8-10(11)12/h1,5-6,8H,3-4,7,13H2. The monoisotopic (exact) mass is 269 g/mol. The quantitative estimate of drug-likeness (QED) is 0.392. The molecule has 0 bridgehead atoms. The minimum atomic E-state index is 0.782. The smallest absolute Gasteiger partial charge is 0.0331 e. The van der Waals surface area contributed by atoms with Gasteiger partial charge in [0.25, 0.3) is 0 Å². The Morgan fingerprint density at radius 2 is 2.29 bits per heavy atom. The van der Waals surface area contributed by atoms with Crippen LogP contribution in [0.3, 0.4) is 0 Å². The molecule has 1 aromatic rings. The van der Waals surface area contributed by atoms with E-state index in [-0.39, 0.29) is 0 Å². The van der Waals surface area contributed by atoms with Crippen LogP contribution in [-0.4, -0.2) is 5.75 Å². The summed E-state index contributed by atoms with van der Waals surface area (Å²) in [7, 11) is 0. The Morgan fingerprint density at radius 1 is 1.50 bits per heavy atom. The summed E-state index contributed by atoms with van der Waals surface area (Å²) >= 11 is 5.27. The molecule has 1 rings (SSSR count). The number of halogens is 1. The number of thioether (sulfide) groups is 1. The summed E-state index contributed by atoms with van der Waals surface area (Å²) in [6.45, 7) is 0. The van der Waals surface area contributed by atoms with Gasteiger partial charge in [-0.25, -0.2) is 0 Å². The molecule has 0 amide bonds. The normalized spacial score (nSPS) is 9.71. The molecule has 1 nitrogen and oxygen atoms in total. The molecule has 0 aliphatic heterocycles. The highest BCUT2D eigenvalue weighted by molar-refractivity contribution is 9.10. The van der Waals surface area contributed by atoms with Crippen LogP contribution in [0.4, 0.5) is 5.69 Å². The molecule has 0 heterocycles. The largest absolute Gasteiger partial charge is 0.399 e. The molecule has 0 unspecified atom stereocenters. The first-order valence-electron chi connectivity index (χ1n) is 4.35. The highest BCUT2D eigenvalue weighted by atomic mass is 79.9. The van der Waals surface area contributed by atoms with Gasteiger partial charge in [-0.15, -0.1) is 24.1 Å². The summed E-state index contributed by atoms with van der Waals surface area (Å²) in [5, 5.41) is 0. The summed E-state index contributed by atoms with van der Waals surface area (Å²) in [5.41, 5.74) is 6.42. The van der Waals surface area contributed by atoms with E-state index in [4.69, 9.17) is 12.2 Å². The Balaban J connectivity index is 2.47.